The molecular formula is C15H19NO3. The summed E-state index contributed by atoms with van der Waals surface area (Å²) in [6.07, 6.45) is 2.19. The number of rotatable bonds is 4. The number of ether oxygens (including phenoxy) is 1. The van der Waals surface area contributed by atoms with Gasteiger partial charge in [0.1, 0.15) is 5.78 Å². The Morgan fingerprint density at radius 3 is 2.47 bits per heavy atom. The molecule has 4 nitrogen and oxygen atoms in total. The zero-order valence-electron chi connectivity index (χ0n) is 10.9. The van der Waals surface area contributed by atoms with Crippen LogP contribution in [0.1, 0.15) is 31.2 Å². The number of hydrogen-bond donors (Lipinski definition) is 1. The van der Waals surface area contributed by atoms with Gasteiger partial charge in [0.25, 0.3) is 0 Å². The first kappa shape index (κ1) is 12.8. The fourth-order valence-electron chi connectivity index (χ4n) is 3.20. The first-order valence-electron chi connectivity index (χ1n) is 6.87. The molecule has 0 saturated carbocycles. The van der Waals surface area contributed by atoms with Crippen LogP contribution < -0.4 is 0 Å². The summed E-state index contributed by atoms with van der Waals surface area (Å²) in [7, 11) is 0. The van der Waals surface area contributed by atoms with Crippen molar-refractivity contribution in [1.29, 1.82) is 0 Å². The van der Waals surface area contributed by atoms with Crippen LogP contribution in [-0.2, 0) is 16.1 Å². The van der Waals surface area contributed by atoms with Gasteiger partial charge in [-0.25, -0.2) is 4.90 Å². The largest absolute Gasteiger partial charge is 0.356 e. The Kier molecular flexibility index (Phi) is 3.64. The minimum Gasteiger partial charge on any atom is -0.356 e. The van der Waals surface area contributed by atoms with Crippen molar-refractivity contribution in [3.63, 3.8) is 0 Å². The molecule has 2 bridgehead atoms. The molecule has 2 saturated heterocycles. The molecule has 0 aromatic heterocycles. The van der Waals surface area contributed by atoms with Crippen LogP contribution >= 0.6 is 0 Å². The second-order valence-corrected chi connectivity index (χ2v) is 5.40. The van der Waals surface area contributed by atoms with E-state index in [0.29, 0.717) is 25.2 Å². The summed E-state index contributed by atoms with van der Waals surface area (Å²) in [4.78, 5) is 13.5. The number of hydrogen-bond acceptors (Lipinski definition) is 4. The molecule has 1 N–H and O–H groups in total. The number of piperidine rings is 1. The number of fused-ring (bicyclic) bond motifs is 2. The molecule has 2 heterocycles. The second kappa shape index (κ2) is 5.41. The Hall–Kier alpha value is -1.23. The summed E-state index contributed by atoms with van der Waals surface area (Å²) in [5, 5.41) is 10.2. The number of carbonyl (C=O) groups excluding carboxylic acids is 1. The zero-order valence-corrected chi connectivity index (χ0v) is 10.9. The van der Waals surface area contributed by atoms with Gasteiger partial charge in [-0.2, -0.15) is 0 Å². The van der Waals surface area contributed by atoms with Crippen molar-refractivity contribution in [2.45, 2.75) is 50.8 Å². The van der Waals surface area contributed by atoms with Gasteiger partial charge >= 0.3 is 0 Å². The van der Waals surface area contributed by atoms with Crippen molar-refractivity contribution in [3.05, 3.63) is 35.9 Å². The van der Waals surface area contributed by atoms with E-state index >= 15 is 0 Å². The molecule has 2 fully saturated rings. The van der Waals surface area contributed by atoms with E-state index in [1.165, 1.54) is 0 Å². The lowest BCUT2D eigenvalue weighted by Gasteiger charge is -2.36. The molecule has 0 aliphatic carbocycles. The molecule has 2 aliphatic rings. The number of aliphatic hydroxyl groups excluding tert-OH is 1. The van der Waals surface area contributed by atoms with Crippen LogP contribution in [-0.4, -0.2) is 34.3 Å². The molecule has 2 aliphatic heterocycles. The van der Waals surface area contributed by atoms with Gasteiger partial charge < -0.3 is 9.84 Å². The summed E-state index contributed by atoms with van der Waals surface area (Å²) in [5.74, 6) is 0.319. The van der Waals surface area contributed by atoms with Gasteiger partial charge in [-0.3, -0.25) is 4.79 Å². The van der Waals surface area contributed by atoms with Gasteiger partial charge in [0, 0.05) is 24.9 Å². The number of Topliss-reactive ketones (excluding diaryl/α,β-unsaturated/α-hetero) is 1. The number of nitrogens with zero attached hydrogens (tertiary/aromatic N) is 1. The molecule has 4 heteroatoms. The number of benzene rings is 1. The molecular weight excluding hydrogens is 242 g/mol. The van der Waals surface area contributed by atoms with Crippen molar-refractivity contribution < 1.29 is 14.6 Å². The third-order valence-electron chi connectivity index (χ3n) is 4.10. The summed E-state index contributed by atoms with van der Waals surface area (Å²) in [6, 6.07) is 10.1. The summed E-state index contributed by atoms with van der Waals surface area (Å²) >= 11 is 0. The van der Waals surface area contributed by atoms with Crippen molar-refractivity contribution in [2.24, 2.45) is 0 Å². The molecule has 3 rings (SSSR count). The van der Waals surface area contributed by atoms with Crippen molar-refractivity contribution >= 4 is 5.78 Å². The van der Waals surface area contributed by atoms with E-state index in [-0.39, 0.29) is 12.1 Å². The standard InChI is InChI=1S/C15H19NO3/c17-14-8-12-6-7-13(9-14)16(12)15(18)19-10-11-4-2-1-3-5-11/h1-5,12-13,15,18H,6-10H2/t12-,13+,15?. The van der Waals surface area contributed by atoms with E-state index in [4.69, 9.17) is 4.74 Å². The van der Waals surface area contributed by atoms with Gasteiger partial charge in [0.05, 0.1) is 6.61 Å². The summed E-state index contributed by atoms with van der Waals surface area (Å²) < 4.78 is 5.55. The van der Waals surface area contributed by atoms with Crippen molar-refractivity contribution in [2.75, 3.05) is 0 Å². The Balaban J connectivity index is 1.59. The zero-order chi connectivity index (χ0) is 13.2. The topological polar surface area (TPSA) is 49.8 Å². The maximum absolute atomic E-state index is 11.5. The van der Waals surface area contributed by atoms with E-state index in [1.54, 1.807) is 0 Å². The summed E-state index contributed by atoms with van der Waals surface area (Å²) in [6.45, 7) is 0.395. The minimum absolute atomic E-state index is 0.164. The highest BCUT2D eigenvalue weighted by Crippen LogP contribution is 2.35. The monoisotopic (exact) mass is 261 g/mol. The summed E-state index contributed by atoms with van der Waals surface area (Å²) in [5.41, 5.74) is 1.04. The third-order valence-corrected chi connectivity index (χ3v) is 4.10. The van der Waals surface area contributed by atoms with Crippen molar-refractivity contribution in [3.8, 4) is 0 Å². The first-order chi connectivity index (χ1) is 9.24. The van der Waals surface area contributed by atoms with Crippen LogP contribution in [0.4, 0.5) is 0 Å². The van der Waals surface area contributed by atoms with Crippen LogP contribution in [0.5, 0.6) is 0 Å². The lowest BCUT2D eigenvalue weighted by Crippen LogP contribution is -2.50. The average molecular weight is 261 g/mol. The van der Waals surface area contributed by atoms with Gasteiger partial charge in [-0.15, -0.1) is 0 Å². The lowest BCUT2D eigenvalue weighted by molar-refractivity contribution is -0.219. The lowest BCUT2D eigenvalue weighted by atomic mass is 10.0. The fraction of sp³-hybridized carbons (Fsp3) is 0.533. The number of carbonyl (C=O) groups is 1. The average Bonchev–Trinajstić information content (AvgIpc) is 2.70. The quantitative estimate of drug-likeness (QED) is 0.838. The van der Waals surface area contributed by atoms with Crippen LogP contribution in [0.25, 0.3) is 0 Å². The Morgan fingerprint density at radius 1 is 1.21 bits per heavy atom. The first-order valence-corrected chi connectivity index (χ1v) is 6.87. The highest BCUT2D eigenvalue weighted by atomic mass is 16.6. The van der Waals surface area contributed by atoms with Crippen molar-refractivity contribution in [1.82, 2.24) is 4.90 Å². The molecule has 0 radical (unpaired) electrons. The predicted octanol–water partition coefficient (Wildman–Crippen LogP) is 1.68. The molecule has 3 atom stereocenters. The van der Waals surface area contributed by atoms with Gasteiger partial charge in [-0.1, -0.05) is 30.3 Å². The molecule has 0 spiro atoms. The van der Waals surface area contributed by atoms with Crippen LogP contribution in [0, 0.1) is 0 Å². The highest BCUT2D eigenvalue weighted by Gasteiger charge is 2.43. The fourth-order valence-corrected chi connectivity index (χ4v) is 3.20. The van der Waals surface area contributed by atoms with Crippen LogP contribution in [0.3, 0.4) is 0 Å². The number of ketones is 1. The van der Waals surface area contributed by atoms with E-state index in [2.05, 4.69) is 0 Å². The maximum Gasteiger partial charge on any atom is 0.216 e. The van der Waals surface area contributed by atoms with E-state index in [0.717, 1.165) is 18.4 Å². The molecule has 102 valence electrons. The molecule has 0 amide bonds. The van der Waals surface area contributed by atoms with E-state index in [9.17, 15) is 9.90 Å². The van der Waals surface area contributed by atoms with Crippen LogP contribution in [0.2, 0.25) is 0 Å². The van der Waals surface area contributed by atoms with E-state index in [1.807, 2.05) is 35.2 Å². The van der Waals surface area contributed by atoms with Gasteiger partial charge in [0.2, 0.25) is 6.41 Å². The Labute approximate surface area is 113 Å². The molecule has 1 aromatic carbocycles. The minimum atomic E-state index is -0.897. The molecule has 19 heavy (non-hydrogen) atoms. The normalized spacial score (nSPS) is 28.6. The Morgan fingerprint density at radius 2 is 1.84 bits per heavy atom. The third kappa shape index (κ3) is 2.71. The number of aliphatic hydroxyl groups is 1. The van der Waals surface area contributed by atoms with Gasteiger partial charge in [0.15, 0.2) is 0 Å². The maximum atomic E-state index is 11.5. The molecule has 1 unspecified atom stereocenters. The second-order valence-electron chi connectivity index (χ2n) is 5.40. The van der Waals surface area contributed by atoms with E-state index < -0.39 is 6.41 Å². The smallest absolute Gasteiger partial charge is 0.216 e. The SMILES string of the molecule is O=C1C[C@H]2CC[C@@H](C1)N2C(O)OCc1ccccc1. The van der Waals surface area contributed by atoms with Crippen LogP contribution in [0.15, 0.2) is 30.3 Å². The molecule has 1 aromatic rings. The van der Waals surface area contributed by atoms with Gasteiger partial charge in [-0.05, 0) is 18.4 Å². The Bertz CT molecular complexity index is 432. The predicted molar refractivity (Wildman–Crippen MR) is 70.1 cm³/mol. The highest BCUT2D eigenvalue weighted by molar-refractivity contribution is 5.80.